The number of rotatable bonds is 14. The van der Waals surface area contributed by atoms with Crippen LogP contribution in [0.3, 0.4) is 0 Å². The summed E-state index contributed by atoms with van der Waals surface area (Å²) in [4.78, 5) is 10.3. The molecule has 0 fully saturated rings. The summed E-state index contributed by atoms with van der Waals surface area (Å²) >= 11 is 0. The summed E-state index contributed by atoms with van der Waals surface area (Å²) < 4.78 is 0. The molecule has 0 aliphatic rings. The van der Waals surface area contributed by atoms with Crippen LogP contribution in [-0.4, -0.2) is 44.7 Å². The number of hydrogen-bond acceptors (Lipinski definition) is 4. The van der Waals surface area contributed by atoms with Crippen LogP contribution in [-0.2, 0) is 4.79 Å². The molecule has 0 spiro atoms. The van der Waals surface area contributed by atoms with E-state index in [0.29, 0.717) is 19.3 Å². The van der Waals surface area contributed by atoms with Crippen molar-refractivity contribution in [3.05, 3.63) is 72.9 Å². The Balaban J connectivity index is 4.03. The minimum absolute atomic E-state index is 0.0951. The van der Waals surface area contributed by atoms with Crippen molar-refractivity contribution in [2.45, 2.75) is 57.3 Å². The molecule has 0 aromatic rings. The number of carboxylic acids is 1. The van der Waals surface area contributed by atoms with Gasteiger partial charge in [-0.3, -0.25) is 4.79 Å². The first-order chi connectivity index (χ1) is 13.0. The molecule has 0 rings (SSSR count). The molecule has 0 bridgehead atoms. The summed E-state index contributed by atoms with van der Waals surface area (Å²) in [6.45, 7) is 2.01. The molecule has 0 heterocycles. The summed E-state index contributed by atoms with van der Waals surface area (Å²) in [6.07, 6.45) is 21.0. The van der Waals surface area contributed by atoms with Gasteiger partial charge in [-0.25, -0.2) is 0 Å². The lowest BCUT2D eigenvalue weighted by Gasteiger charge is -2.11. The maximum atomic E-state index is 10.3. The van der Waals surface area contributed by atoms with E-state index in [1.165, 1.54) is 6.08 Å². The molecule has 3 atom stereocenters. The van der Waals surface area contributed by atoms with Crippen molar-refractivity contribution in [2.24, 2.45) is 0 Å². The lowest BCUT2D eigenvalue weighted by molar-refractivity contribution is -0.136. The first kappa shape index (κ1) is 24.8. The highest BCUT2D eigenvalue weighted by molar-refractivity contribution is 5.66. The Hall–Kier alpha value is -2.21. The van der Waals surface area contributed by atoms with Gasteiger partial charge in [0.1, 0.15) is 0 Å². The summed E-state index contributed by atoms with van der Waals surface area (Å²) in [7, 11) is 0. The topological polar surface area (TPSA) is 98.0 Å². The van der Waals surface area contributed by atoms with E-state index < -0.39 is 24.3 Å². The van der Waals surface area contributed by atoms with E-state index >= 15 is 0 Å². The molecule has 0 saturated heterocycles. The second-order valence-electron chi connectivity index (χ2n) is 5.92. The van der Waals surface area contributed by atoms with E-state index in [-0.39, 0.29) is 6.42 Å². The Morgan fingerprint density at radius 1 is 0.815 bits per heavy atom. The molecule has 27 heavy (non-hydrogen) atoms. The van der Waals surface area contributed by atoms with Gasteiger partial charge in [0.15, 0.2) is 0 Å². The van der Waals surface area contributed by atoms with Crippen LogP contribution in [0, 0.1) is 0 Å². The SMILES string of the molecule is CC/C=C\CC(O)C(O)/C=C/C=C\C=C/C=C/C(O)C/C=C\CCC(=O)O. The zero-order chi connectivity index (χ0) is 20.3. The summed E-state index contributed by atoms with van der Waals surface area (Å²) in [5.41, 5.74) is 0. The van der Waals surface area contributed by atoms with Gasteiger partial charge in [0.25, 0.3) is 0 Å². The average molecular weight is 376 g/mol. The van der Waals surface area contributed by atoms with E-state index in [1.54, 1.807) is 54.7 Å². The van der Waals surface area contributed by atoms with Crippen molar-refractivity contribution < 1.29 is 25.2 Å². The van der Waals surface area contributed by atoms with Crippen LogP contribution >= 0.6 is 0 Å². The van der Waals surface area contributed by atoms with Crippen LogP contribution in [0.2, 0.25) is 0 Å². The molecule has 4 N–H and O–H groups in total. The molecule has 0 aromatic heterocycles. The third-order valence-electron chi connectivity index (χ3n) is 3.44. The van der Waals surface area contributed by atoms with E-state index in [1.807, 2.05) is 19.1 Å². The molecule has 3 unspecified atom stereocenters. The monoisotopic (exact) mass is 376 g/mol. The molecule has 0 amide bonds. The minimum Gasteiger partial charge on any atom is -0.481 e. The van der Waals surface area contributed by atoms with Crippen LogP contribution in [0.5, 0.6) is 0 Å². The number of allylic oxidation sites excluding steroid dienone is 8. The maximum absolute atomic E-state index is 10.3. The first-order valence-electron chi connectivity index (χ1n) is 9.21. The Bertz CT molecular complexity index is 555. The van der Waals surface area contributed by atoms with Crippen LogP contribution in [0.25, 0.3) is 0 Å². The van der Waals surface area contributed by atoms with E-state index in [4.69, 9.17) is 5.11 Å². The van der Waals surface area contributed by atoms with Crippen molar-refractivity contribution in [1.82, 2.24) is 0 Å². The third kappa shape index (κ3) is 17.0. The second-order valence-corrected chi connectivity index (χ2v) is 5.92. The largest absolute Gasteiger partial charge is 0.481 e. The highest BCUT2D eigenvalue weighted by Crippen LogP contribution is 2.03. The van der Waals surface area contributed by atoms with Gasteiger partial charge in [-0.2, -0.15) is 0 Å². The van der Waals surface area contributed by atoms with Crippen molar-refractivity contribution in [3.8, 4) is 0 Å². The summed E-state index contributed by atoms with van der Waals surface area (Å²) in [5, 5.41) is 37.7. The standard InChI is InChI=1S/C22H32O5/c1-2-3-9-16-20(24)21(25)17-12-7-5-4-6-10-14-19(23)15-11-8-13-18-22(26)27/h3-12,14,17,19-21,23-25H,2,13,15-16,18H2,1H3,(H,26,27)/b6-4-,7-5-,9-3-,11-8-,14-10+,17-12+. The fourth-order valence-corrected chi connectivity index (χ4v) is 1.94. The van der Waals surface area contributed by atoms with Crippen LogP contribution < -0.4 is 0 Å². The highest BCUT2D eigenvalue weighted by Gasteiger charge is 2.10. The number of aliphatic hydroxyl groups is 3. The van der Waals surface area contributed by atoms with Crippen molar-refractivity contribution in [3.63, 3.8) is 0 Å². The number of aliphatic carboxylic acids is 1. The van der Waals surface area contributed by atoms with Gasteiger partial charge < -0.3 is 20.4 Å². The van der Waals surface area contributed by atoms with Gasteiger partial charge in [-0.1, -0.05) is 79.8 Å². The average Bonchev–Trinajstić information content (AvgIpc) is 2.63. The Morgan fingerprint density at radius 2 is 1.41 bits per heavy atom. The highest BCUT2D eigenvalue weighted by atomic mass is 16.4. The molecule has 5 nitrogen and oxygen atoms in total. The molecule has 0 aliphatic heterocycles. The summed E-state index contributed by atoms with van der Waals surface area (Å²) in [6, 6.07) is 0. The number of carboxylic acid groups (broad SMARTS) is 1. The summed E-state index contributed by atoms with van der Waals surface area (Å²) in [5.74, 6) is -0.831. The Morgan fingerprint density at radius 3 is 2.04 bits per heavy atom. The lowest BCUT2D eigenvalue weighted by Crippen LogP contribution is -2.22. The zero-order valence-electron chi connectivity index (χ0n) is 15.9. The van der Waals surface area contributed by atoms with Crippen LogP contribution in [0.15, 0.2) is 72.9 Å². The van der Waals surface area contributed by atoms with Crippen molar-refractivity contribution in [1.29, 1.82) is 0 Å². The fourth-order valence-electron chi connectivity index (χ4n) is 1.94. The van der Waals surface area contributed by atoms with E-state index in [9.17, 15) is 20.1 Å². The number of carbonyl (C=O) groups is 1. The number of hydrogen-bond donors (Lipinski definition) is 4. The van der Waals surface area contributed by atoms with Gasteiger partial charge in [-0.15, -0.1) is 0 Å². The second kappa shape index (κ2) is 17.2. The Kier molecular flexibility index (Phi) is 15.8. The smallest absolute Gasteiger partial charge is 0.303 e. The van der Waals surface area contributed by atoms with Gasteiger partial charge in [0, 0.05) is 6.42 Å². The predicted molar refractivity (Wildman–Crippen MR) is 109 cm³/mol. The lowest BCUT2D eigenvalue weighted by atomic mass is 10.1. The predicted octanol–water partition coefficient (Wildman–Crippen LogP) is 3.46. The maximum Gasteiger partial charge on any atom is 0.303 e. The van der Waals surface area contributed by atoms with Gasteiger partial charge in [0.2, 0.25) is 0 Å². The first-order valence-corrected chi connectivity index (χ1v) is 9.21. The molecule has 0 aliphatic carbocycles. The number of aliphatic hydroxyl groups excluding tert-OH is 3. The minimum atomic E-state index is -0.904. The molecular formula is C22H32O5. The zero-order valence-corrected chi connectivity index (χ0v) is 15.9. The molecule has 150 valence electrons. The Labute approximate surface area is 162 Å². The van der Waals surface area contributed by atoms with Crippen LogP contribution in [0.1, 0.15) is 39.0 Å². The quantitative estimate of drug-likeness (QED) is 0.275. The van der Waals surface area contributed by atoms with E-state index in [0.717, 1.165) is 6.42 Å². The normalized spacial score (nSPS) is 16.6. The van der Waals surface area contributed by atoms with Crippen molar-refractivity contribution in [2.75, 3.05) is 0 Å². The van der Waals surface area contributed by atoms with E-state index in [2.05, 4.69) is 0 Å². The van der Waals surface area contributed by atoms with Crippen LogP contribution in [0.4, 0.5) is 0 Å². The fraction of sp³-hybridized carbons (Fsp3) is 0.409. The molecule has 0 aromatic carbocycles. The van der Waals surface area contributed by atoms with Gasteiger partial charge in [0.05, 0.1) is 18.3 Å². The third-order valence-corrected chi connectivity index (χ3v) is 3.44. The molecule has 5 heteroatoms. The molecule has 0 saturated carbocycles. The van der Waals surface area contributed by atoms with Crippen molar-refractivity contribution >= 4 is 5.97 Å². The van der Waals surface area contributed by atoms with Gasteiger partial charge >= 0.3 is 5.97 Å². The van der Waals surface area contributed by atoms with Gasteiger partial charge in [-0.05, 0) is 25.7 Å². The molecular weight excluding hydrogens is 344 g/mol. The molecule has 0 radical (unpaired) electrons.